The van der Waals surface area contributed by atoms with E-state index in [4.69, 9.17) is 18.9 Å². The second kappa shape index (κ2) is 7.54. The summed E-state index contributed by atoms with van der Waals surface area (Å²) in [6, 6.07) is 2.10. The van der Waals surface area contributed by atoms with Crippen LogP contribution in [0.1, 0.15) is 70.4 Å². The minimum atomic E-state index is 0.131. The molecular formula is C23H36O4. The highest BCUT2D eigenvalue weighted by atomic mass is 16.6. The maximum atomic E-state index is 6.00. The molecule has 0 amide bonds. The standard InChI is InChI=1S/C23H36O4/c1-15(2)19-20(25-6)16(13-17(24-5)21(19)26-7)9-10-18-22(3,4)11-8-12-23(18)14-27-23/h13,15,18H,8-12,14H2,1-7H3/t18-,23-/m0/s1. The van der Waals surface area contributed by atoms with Crippen molar-refractivity contribution >= 4 is 0 Å². The SMILES string of the molecule is COc1cc(CC[C@H]2C(C)(C)CCC[C@]23CO3)c(OC)c(C(C)C)c1OC. The van der Waals surface area contributed by atoms with Gasteiger partial charge in [0.2, 0.25) is 0 Å². The number of ether oxygens (including phenoxy) is 4. The van der Waals surface area contributed by atoms with Gasteiger partial charge in [-0.2, -0.15) is 0 Å². The summed E-state index contributed by atoms with van der Waals surface area (Å²) in [5, 5.41) is 0. The molecule has 1 saturated heterocycles. The Hall–Kier alpha value is -1.42. The van der Waals surface area contributed by atoms with Crippen molar-refractivity contribution in [1.82, 2.24) is 0 Å². The van der Waals surface area contributed by atoms with Gasteiger partial charge in [-0.1, -0.05) is 27.7 Å². The summed E-state index contributed by atoms with van der Waals surface area (Å²) in [7, 11) is 5.16. The highest BCUT2D eigenvalue weighted by Crippen LogP contribution is 2.56. The third-order valence-electron chi connectivity index (χ3n) is 6.73. The molecule has 4 heteroatoms. The van der Waals surface area contributed by atoms with Crippen LogP contribution in [0.25, 0.3) is 0 Å². The Balaban J connectivity index is 1.93. The van der Waals surface area contributed by atoms with Crippen LogP contribution < -0.4 is 14.2 Å². The molecule has 152 valence electrons. The molecule has 1 heterocycles. The molecule has 27 heavy (non-hydrogen) atoms. The lowest BCUT2D eigenvalue weighted by Gasteiger charge is -2.43. The van der Waals surface area contributed by atoms with E-state index < -0.39 is 0 Å². The molecule has 0 bridgehead atoms. The number of aryl methyl sites for hydroxylation is 1. The van der Waals surface area contributed by atoms with Gasteiger partial charge in [-0.15, -0.1) is 0 Å². The van der Waals surface area contributed by atoms with Crippen molar-refractivity contribution in [2.75, 3.05) is 27.9 Å². The van der Waals surface area contributed by atoms with Crippen molar-refractivity contribution < 1.29 is 18.9 Å². The fourth-order valence-electron chi connectivity index (χ4n) is 5.31. The summed E-state index contributed by atoms with van der Waals surface area (Å²) in [5.41, 5.74) is 2.75. The quantitative estimate of drug-likeness (QED) is 0.600. The van der Waals surface area contributed by atoms with E-state index in [9.17, 15) is 0 Å². The van der Waals surface area contributed by atoms with Gasteiger partial charge < -0.3 is 18.9 Å². The van der Waals surface area contributed by atoms with E-state index in [0.29, 0.717) is 11.3 Å². The zero-order valence-electron chi connectivity index (χ0n) is 18.1. The molecule has 0 aromatic heterocycles. The molecule has 1 aromatic rings. The summed E-state index contributed by atoms with van der Waals surface area (Å²) < 4.78 is 23.2. The van der Waals surface area contributed by atoms with Crippen molar-refractivity contribution in [1.29, 1.82) is 0 Å². The molecule has 4 nitrogen and oxygen atoms in total. The zero-order valence-corrected chi connectivity index (χ0v) is 18.1. The van der Waals surface area contributed by atoms with Crippen LogP contribution in [-0.4, -0.2) is 33.5 Å². The second-order valence-corrected chi connectivity index (χ2v) is 9.16. The van der Waals surface area contributed by atoms with Crippen molar-refractivity contribution in [3.63, 3.8) is 0 Å². The van der Waals surface area contributed by atoms with E-state index in [2.05, 4.69) is 33.8 Å². The molecule has 2 aliphatic rings. The lowest BCUT2D eigenvalue weighted by atomic mass is 9.62. The summed E-state index contributed by atoms with van der Waals surface area (Å²) in [4.78, 5) is 0. The second-order valence-electron chi connectivity index (χ2n) is 9.16. The molecule has 1 saturated carbocycles. The highest BCUT2D eigenvalue weighted by molar-refractivity contribution is 5.59. The molecule has 1 spiro atoms. The summed E-state index contributed by atoms with van der Waals surface area (Å²) >= 11 is 0. The van der Waals surface area contributed by atoms with Crippen LogP contribution in [0.4, 0.5) is 0 Å². The van der Waals surface area contributed by atoms with Crippen molar-refractivity contribution in [2.24, 2.45) is 11.3 Å². The molecule has 0 N–H and O–H groups in total. The van der Waals surface area contributed by atoms with Crippen LogP contribution in [-0.2, 0) is 11.2 Å². The zero-order chi connectivity index (χ0) is 19.8. The van der Waals surface area contributed by atoms with E-state index in [0.717, 1.165) is 42.3 Å². The number of hydrogen-bond donors (Lipinski definition) is 0. The fourth-order valence-corrected chi connectivity index (χ4v) is 5.31. The summed E-state index contributed by atoms with van der Waals surface area (Å²) in [5.74, 6) is 3.39. The van der Waals surface area contributed by atoms with Gasteiger partial charge in [-0.3, -0.25) is 0 Å². The topological polar surface area (TPSA) is 40.2 Å². The molecular weight excluding hydrogens is 340 g/mol. The van der Waals surface area contributed by atoms with Crippen molar-refractivity contribution in [3.05, 3.63) is 17.2 Å². The number of hydrogen-bond acceptors (Lipinski definition) is 4. The van der Waals surface area contributed by atoms with Gasteiger partial charge in [0.15, 0.2) is 11.5 Å². The fraction of sp³-hybridized carbons (Fsp3) is 0.739. The lowest BCUT2D eigenvalue weighted by Crippen LogP contribution is -2.41. The monoisotopic (exact) mass is 376 g/mol. The van der Waals surface area contributed by atoms with Crippen molar-refractivity contribution in [2.45, 2.75) is 71.3 Å². The van der Waals surface area contributed by atoms with Crippen LogP contribution in [0.5, 0.6) is 17.2 Å². The molecule has 1 aromatic carbocycles. The van der Waals surface area contributed by atoms with Crippen LogP contribution >= 0.6 is 0 Å². The Morgan fingerprint density at radius 1 is 1.07 bits per heavy atom. The van der Waals surface area contributed by atoms with E-state index in [1.165, 1.54) is 24.8 Å². The van der Waals surface area contributed by atoms with Gasteiger partial charge in [0, 0.05) is 5.56 Å². The first-order chi connectivity index (χ1) is 12.8. The minimum absolute atomic E-state index is 0.131. The van der Waals surface area contributed by atoms with Gasteiger partial charge in [-0.25, -0.2) is 0 Å². The van der Waals surface area contributed by atoms with Gasteiger partial charge >= 0.3 is 0 Å². The first-order valence-corrected chi connectivity index (χ1v) is 10.3. The highest BCUT2D eigenvalue weighted by Gasteiger charge is 2.57. The molecule has 1 aliphatic carbocycles. The largest absolute Gasteiger partial charge is 0.496 e. The maximum absolute atomic E-state index is 6.00. The first-order valence-electron chi connectivity index (χ1n) is 10.3. The number of rotatable bonds is 7. The van der Waals surface area contributed by atoms with Gasteiger partial charge in [0.1, 0.15) is 5.75 Å². The Morgan fingerprint density at radius 2 is 1.74 bits per heavy atom. The smallest absolute Gasteiger partial charge is 0.167 e. The van der Waals surface area contributed by atoms with Crippen LogP contribution in [0.15, 0.2) is 6.07 Å². The van der Waals surface area contributed by atoms with Gasteiger partial charge in [0.05, 0.1) is 33.5 Å². The Kier molecular flexibility index (Phi) is 5.67. The predicted octanol–water partition coefficient (Wildman–Crippen LogP) is 5.36. The summed E-state index contributed by atoms with van der Waals surface area (Å²) in [6.07, 6.45) is 5.84. The van der Waals surface area contributed by atoms with Gasteiger partial charge in [-0.05, 0) is 61.0 Å². The third kappa shape index (κ3) is 3.65. The van der Waals surface area contributed by atoms with E-state index >= 15 is 0 Å². The van der Waals surface area contributed by atoms with E-state index in [-0.39, 0.29) is 11.5 Å². The lowest BCUT2D eigenvalue weighted by molar-refractivity contribution is 0.0374. The molecule has 0 radical (unpaired) electrons. The average molecular weight is 377 g/mol. The van der Waals surface area contributed by atoms with Gasteiger partial charge in [0.25, 0.3) is 0 Å². The maximum Gasteiger partial charge on any atom is 0.167 e. The number of benzene rings is 1. The predicted molar refractivity (Wildman–Crippen MR) is 108 cm³/mol. The number of epoxide rings is 1. The van der Waals surface area contributed by atoms with Crippen LogP contribution in [0.3, 0.4) is 0 Å². The van der Waals surface area contributed by atoms with E-state index in [1.807, 2.05) is 0 Å². The average Bonchev–Trinajstić information content (AvgIpc) is 3.38. The Labute approximate surface area is 164 Å². The number of methoxy groups -OCH3 is 3. The molecule has 2 atom stereocenters. The van der Waals surface area contributed by atoms with E-state index in [1.54, 1.807) is 21.3 Å². The normalized spacial score (nSPS) is 26.3. The summed E-state index contributed by atoms with van der Waals surface area (Å²) in [6.45, 7) is 10.1. The first kappa shape index (κ1) is 20.3. The molecule has 1 aliphatic heterocycles. The Morgan fingerprint density at radius 3 is 2.26 bits per heavy atom. The Bertz CT molecular complexity index is 667. The molecule has 0 unspecified atom stereocenters. The van der Waals surface area contributed by atoms with Crippen molar-refractivity contribution in [3.8, 4) is 17.2 Å². The molecule has 2 fully saturated rings. The molecule has 3 rings (SSSR count). The minimum Gasteiger partial charge on any atom is -0.496 e. The van der Waals surface area contributed by atoms with Crippen LogP contribution in [0, 0.1) is 11.3 Å². The third-order valence-corrected chi connectivity index (χ3v) is 6.73. The van der Waals surface area contributed by atoms with Crippen LogP contribution in [0.2, 0.25) is 0 Å².